The van der Waals surface area contributed by atoms with Gasteiger partial charge in [-0.1, -0.05) is 0 Å². The lowest BCUT2D eigenvalue weighted by atomic mass is 9.94. The van der Waals surface area contributed by atoms with Gasteiger partial charge < -0.3 is 15.1 Å². The SMILES string of the molecule is CC1(O)CCN(c2cc(CO)ccn2)CC1. The molecule has 1 aliphatic heterocycles. The summed E-state index contributed by atoms with van der Waals surface area (Å²) in [5.41, 5.74) is 0.341. The number of hydrogen-bond acceptors (Lipinski definition) is 4. The Hall–Kier alpha value is -1.13. The van der Waals surface area contributed by atoms with Gasteiger partial charge in [-0.2, -0.15) is 0 Å². The topological polar surface area (TPSA) is 56.6 Å². The van der Waals surface area contributed by atoms with Crippen LogP contribution >= 0.6 is 0 Å². The lowest BCUT2D eigenvalue weighted by Gasteiger charge is -2.36. The minimum atomic E-state index is -0.537. The van der Waals surface area contributed by atoms with Gasteiger partial charge in [0.2, 0.25) is 0 Å². The number of hydrogen-bond donors (Lipinski definition) is 2. The van der Waals surface area contributed by atoms with Crippen molar-refractivity contribution in [2.45, 2.75) is 32.0 Å². The van der Waals surface area contributed by atoms with Gasteiger partial charge in [0.1, 0.15) is 5.82 Å². The monoisotopic (exact) mass is 222 g/mol. The first-order valence-electron chi connectivity index (χ1n) is 5.64. The van der Waals surface area contributed by atoms with E-state index in [1.807, 2.05) is 19.1 Å². The molecule has 1 aromatic rings. The summed E-state index contributed by atoms with van der Waals surface area (Å²) >= 11 is 0. The Labute approximate surface area is 95.5 Å². The molecule has 1 saturated heterocycles. The van der Waals surface area contributed by atoms with Gasteiger partial charge in [0.25, 0.3) is 0 Å². The highest BCUT2D eigenvalue weighted by atomic mass is 16.3. The molecule has 0 bridgehead atoms. The van der Waals surface area contributed by atoms with Crippen LogP contribution in [-0.4, -0.2) is 33.9 Å². The Balaban J connectivity index is 2.08. The molecule has 4 heteroatoms. The highest BCUT2D eigenvalue weighted by Gasteiger charge is 2.27. The van der Waals surface area contributed by atoms with Crippen LogP contribution in [0.3, 0.4) is 0 Å². The molecule has 0 saturated carbocycles. The van der Waals surface area contributed by atoms with Gasteiger partial charge in [0.05, 0.1) is 12.2 Å². The van der Waals surface area contributed by atoms with Crippen molar-refractivity contribution in [3.05, 3.63) is 23.9 Å². The number of pyridine rings is 1. The summed E-state index contributed by atoms with van der Waals surface area (Å²) in [7, 11) is 0. The summed E-state index contributed by atoms with van der Waals surface area (Å²) in [6.45, 7) is 3.55. The predicted molar refractivity (Wildman–Crippen MR) is 62.2 cm³/mol. The molecule has 2 rings (SSSR count). The number of piperidine rings is 1. The zero-order chi connectivity index (χ0) is 11.6. The highest BCUT2D eigenvalue weighted by molar-refractivity contribution is 5.41. The first kappa shape index (κ1) is 11.4. The van der Waals surface area contributed by atoms with Crippen LogP contribution in [0.4, 0.5) is 5.82 Å². The van der Waals surface area contributed by atoms with E-state index >= 15 is 0 Å². The molecule has 0 spiro atoms. The van der Waals surface area contributed by atoms with Gasteiger partial charge in [0, 0.05) is 19.3 Å². The van der Waals surface area contributed by atoms with Crippen LogP contribution in [0.25, 0.3) is 0 Å². The van der Waals surface area contributed by atoms with Gasteiger partial charge in [-0.3, -0.25) is 0 Å². The maximum Gasteiger partial charge on any atom is 0.128 e. The van der Waals surface area contributed by atoms with Crippen molar-refractivity contribution in [1.82, 2.24) is 4.98 Å². The third-order valence-corrected chi connectivity index (χ3v) is 3.16. The van der Waals surface area contributed by atoms with Crippen molar-refractivity contribution >= 4 is 5.82 Å². The van der Waals surface area contributed by atoms with E-state index < -0.39 is 5.60 Å². The molecule has 2 heterocycles. The molecule has 88 valence electrons. The first-order valence-corrected chi connectivity index (χ1v) is 5.64. The van der Waals surface area contributed by atoms with Crippen LogP contribution in [0.5, 0.6) is 0 Å². The summed E-state index contributed by atoms with van der Waals surface area (Å²) in [5.74, 6) is 0.891. The predicted octanol–water partition coefficient (Wildman–Crippen LogP) is 0.925. The fraction of sp³-hybridized carbons (Fsp3) is 0.583. The molecule has 2 N–H and O–H groups in total. The van der Waals surface area contributed by atoms with Crippen LogP contribution < -0.4 is 4.90 Å². The molecule has 4 nitrogen and oxygen atoms in total. The van der Waals surface area contributed by atoms with Gasteiger partial charge in [-0.05, 0) is 37.5 Å². The van der Waals surface area contributed by atoms with Crippen molar-refractivity contribution in [1.29, 1.82) is 0 Å². The minimum absolute atomic E-state index is 0.0427. The van der Waals surface area contributed by atoms with Gasteiger partial charge in [-0.25, -0.2) is 4.98 Å². The summed E-state index contributed by atoms with van der Waals surface area (Å²) in [5, 5.41) is 18.9. The van der Waals surface area contributed by atoms with E-state index in [0.717, 1.165) is 37.3 Å². The van der Waals surface area contributed by atoms with Crippen LogP contribution in [0.2, 0.25) is 0 Å². The second-order valence-electron chi connectivity index (χ2n) is 4.66. The zero-order valence-electron chi connectivity index (χ0n) is 9.56. The molecule has 0 atom stereocenters. The lowest BCUT2D eigenvalue weighted by Crippen LogP contribution is -2.42. The molecule has 1 aromatic heterocycles. The van der Waals surface area contributed by atoms with Crippen LogP contribution in [0.15, 0.2) is 18.3 Å². The number of aromatic nitrogens is 1. The summed E-state index contributed by atoms with van der Waals surface area (Å²) in [4.78, 5) is 6.44. The van der Waals surface area contributed by atoms with Crippen molar-refractivity contribution in [3.63, 3.8) is 0 Å². The Morgan fingerprint density at radius 2 is 2.12 bits per heavy atom. The fourth-order valence-electron chi connectivity index (χ4n) is 1.95. The number of rotatable bonds is 2. The number of anilines is 1. The Morgan fingerprint density at radius 3 is 2.75 bits per heavy atom. The molecule has 0 aromatic carbocycles. The van der Waals surface area contributed by atoms with Gasteiger partial charge in [0.15, 0.2) is 0 Å². The Kier molecular flexibility index (Phi) is 3.12. The summed E-state index contributed by atoms with van der Waals surface area (Å²) in [6, 6.07) is 3.71. The number of aliphatic hydroxyl groups is 2. The van der Waals surface area contributed by atoms with E-state index in [9.17, 15) is 5.11 Å². The zero-order valence-corrected chi connectivity index (χ0v) is 9.56. The smallest absolute Gasteiger partial charge is 0.128 e. The fourth-order valence-corrected chi connectivity index (χ4v) is 1.95. The lowest BCUT2D eigenvalue weighted by molar-refractivity contribution is 0.0350. The van der Waals surface area contributed by atoms with E-state index in [1.54, 1.807) is 6.20 Å². The van der Waals surface area contributed by atoms with Crippen molar-refractivity contribution in [3.8, 4) is 0 Å². The molecule has 0 unspecified atom stereocenters. The Morgan fingerprint density at radius 1 is 1.44 bits per heavy atom. The standard InChI is InChI=1S/C12H18N2O2/c1-12(16)3-6-14(7-4-12)11-8-10(9-15)2-5-13-11/h2,5,8,15-16H,3-4,6-7,9H2,1H3. The Bertz CT molecular complexity index is 356. The summed E-state index contributed by atoms with van der Waals surface area (Å²) in [6.07, 6.45) is 3.24. The second kappa shape index (κ2) is 4.39. The maximum atomic E-state index is 9.85. The van der Waals surface area contributed by atoms with Crippen molar-refractivity contribution in [2.75, 3.05) is 18.0 Å². The van der Waals surface area contributed by atoms with Crippen LogP contribution in [0, 0.1) is 0 Å². The van der Waals surface area contributed by atoms with E-state index in [-0.39, 0.29) is 6.61 Å². The third-order valence-electron chi connectivity index (χ3n) is 3.16. The molecule has 1 fully saturated rings. The maximum absolute atomic E-state index is 9.85. The quantitative estimate of drug-likeness (QED) is 0.781. The average molecular weight is 222 g/mol. The van der Waals surface area contributed by atoms with Crippen LogP contribution in [0.1, 0.15) is 25.3 Å². The van der Waals surface area contributed by atoms with Crippen molar-refractivity contribution < 1.29 is 10.2 Å². The first-order chi connectivity index (χ1) is 7.61. The summed E-state index contributed by atoms with van der Waals surface area (Å²) < 4.78 is 0. The molecular formula is C12H18N2O2. The van der Waals surface area contributed by atoms with E-state index in [1.165, 1.54) is 0 Å². The van der Waals surface area contributed by atoms with Crippen molar-refractivity contribution in [2.24, 2.45) is 0 Å². The van der Waals surface area contributed by atoms with E-state index in [2.05, 4.69) is 9.88 Å². The average Bonchev–Trinajstić information content (AvgIpc) is 2.29. The normalized spacial score (nSPS) is 19.8. The largest absolute Gasteiger partial charge is 0.392 e. The van der Waals surface area contributed by atoms with E-state index in [4.69, 9.17) is 5.11 Å². The molecule has 0 aliphatic carbocycles. The minimum Gasteiger partial charge on any atom is -0.392 e. The molecule has 0 radical (unpaired) electrons. The van der Waals surface area contributed by atoms with Gasteiger partial charge in [-0.15, -0.1) is 0 Å². The van der Waals surface area contributed by atoms with E-state index in [0.29, 0.717) is 0 Å². The molecule has 1 aliphatic rings. The van der Waals surface area contributed by atoms with Gasteiger partial charge >= 0.3 is 0 Å². The molecule has 0 amide bonds. The van der Waals surface area contributed by atoms with Crippen LogP contribution in [-0.2, 0) is 6.61 Å². The molecule has 16 heavy (non-hydrogen) atoms. The highest BCUT2D eigenvalue weighted by Crippen LogP contribution is 2.24. The number of aliphatic hydroxyl groups excluding tert-OH is 1. The third kappa shape index (κ3) is 2.51. The number of nitrogens with zero attached hydrogens (tertiary/aromatic N) is 2. The molecular weight excluding hydrogens is 204 g/mol. The second-order valence-corrected chi connectivity index (χ2v) is 4.66.